The summed E-state index contributed by atoms with van der Waals surface area (Å²) in [5, 5.41) is 21.7. The molecule has 5 nitrogen and oxygen atoms in total. The number of anilines is 1. The Kier molecular flexibility index (Phi) is 4.63. The third-order valence-corrected chi connectivity index (χ3v) is 3.51. The number of nitrogens with zero attached hydrogens (tertiary/aromatic N) is 1. The molecule has 1 aliphatic heterocycles. The molecule has 1 atom stereocenters. The molecule has 0 radical (unpaired) electrons. The Bertz CT molecular complexity index is 436. The Hall–Kier alpha value is -1.30. The van der Waals surface area contributed by atoms with E-state index in [9.17, 15) is 15.0 Å². The van der Waals surface area contributed by atoms with Crippen LogP contribution >= 0.6 is 11.6 Å². The highest BCUT2D eigenvalue weighted by Crippen LogP contribution is 2.20. The minimum atomic E-state index is -1.37. The molecule has 0 bridgehead atoms. The number of aliphatic hydroxyl groups excluding tert-OH is 1. The molecule has 3 N–H and O–H groups in total. The van der Waals surface area contributed by atoms with Crippen LogP contribution in [0.5, 0.6) is 0 Å². The molecule has 1 aliphatic rings. The Balaban J connectivity index is 1.94. The Morgan fingerprint density at radius 1 is 1.37 bits per heavy atom. The lowest BCUT2D eigenvalue weighted by molar-refractivity contribution is -0.0966. The van der Waals surface area contributed by atoms with Gasteiger partial charge in [0, 0.05) is 29.7 Å². The Labute approximate surface area is 116 Å². The Morgan fingerprint density at radius 3 is 2.68 bits per heavy atom. The van der Waals surface area contributed by atoms with Crippen molar-refractivity contribution in [1.82, 2.24) is 4.90 Å². The SMILES string of the molecule is O=C(Nc1ccc(Cl)cc1)N1CCCC(C(O)O)C1. The van der Waals surface area contributed by atoms with Gasteiger partial charge in [0.2, 0.25) is 0 Å². The summed E-state index contributed by atoms with van der Waals surface area (Å²) in [5.41, 5.74) is 0.668. The van der Waals surface area contributed by atoms with Crippen molar-refractivity contribution in [3.63, 3.8) is 0 Å². The average molecular weight is 285 g/mol. The maximum atomic E-state index is 12.0. The molecule has 0 saturated carbocycles. The number of rotatable bonds is 2. The molecule has 19 heavy (non-hydrogen) atoms. The zero-order chi connectivity index (χ0) is 13.8. The van der Waals surface area contributed by atoms with Crippen LogP contribution < -0.4 is 5.32 Å². The molecular weight excluding hydrogens is 268 g/mol. The van der Waals surface area contributed by atoms with Gasteiger partial charge in [-0.15, -0.1) is 0 Å². The van der Waals surface area contributed by atoms with Crippen molar-refractivity contribution in [3.05, 3.63) is 29.3 Å². The van der Waals surface area contributed by atoms with Crippen molar-refractivity contribution in [2.75, 3.05) is 18.4 Å². The monoisotopic (exact) mass is 284 g/mol. The molecule has 1 aromatic rings. The molecule has 6 heteroatoms. The quantitative estimate of drug-likeness (QED) is 0.726. The normalized spacial score (nSPS) is 19.6. The standard InChI is InChI=1S/C13H17ClN2O3/c14-10-3-5-11(6-4-10)15-13(19)16-7-1-2-9(8-16)12(17)18/h3-6,9,12,17-18H,1-2,7-8H2,(H,15,19). The van der Waals surface area contributed by atoms with E-state index < -0.39 is 6.29 Å². The van der Waals surface area contributed by atoms with E-state index in [1.54, 1.807) is 29.2 Å². The van der Waals surface area contributed by atoms with Crippen LogP contribution in [0.4, 0.5) is 10.5 Å². The van der Waals surface area contributed by atoms with Crippen molar-refractivity contribution < 1.29 is 15.0 Å². The fourth-order valence-electron chi connectivity index (χ4n) is 2.17. The van der Waals surface area contributed by atoms with Crippen LogP contribution in [0.1, 0.15) is 12.8 Å². The highest BCUT2D eigenvalue weighted by atomic mass is 35.5. The van der Waals surface area contributed by atoms with Gasteiger partial charge in [0.05, 0.1) is 0 Å². The van der Waals surface area contributed by atoms with Crippen LogP contribution in [0.15, 0.2) is 24.3 Å². The molecule has 1 aromatic carbocycles. The van der Waals surface area contributed by atoms with Crippen LogP contribution in [0.3, 0.4) is 0 Å². The zero-order valence-corrected chi connectivity index (χ0v) is 11.2. The maximum absolute atomic E-state index is 12.0. The number of amides is 2. The molecule has 0 aromatic heterocycles. The second-order valence-corrected chi connectivity index (χ2v) is 5.14. The lowest BCUT2D eigenvalue weighted by Crippen LogP contribution is -2.45. The molecule has 2 rings (SSSR count). The molecule has 0 spiro atoms. The number of halogens is 1. The van der Waals surface area contributed by atoms with Gasteiger partial charge in [-0.1, -0.05) is 11.6 Å². The smallest absolute Gasteiger partial charge is 0.321 e. The van der Waals surface area contributed by atoms with E-state index in [0.29, 0.717) is 23.8 Å². The molecule has 1 unspecified atom stereocenters. The van der Waals surface area contributed by atoms with E-state index in [-0.39, 0.29) is 11.9 Å². The highest BCUT2D eigenvalue weighted by molar-refractivity contribution is 6.30. The van der Waals surface area contributed by atoms with Gasteiger partial charge in [0.1, 0.15) is 0 Å². The van der Waals surface area contributed by atoms with E-state index in [2.05, 4.69) is 5.32 Å². The van der Waals surface area contributed by atoms with Crippen LogP contribution in [0.2, 0.25) is 5.02 Å². The number of nitrogens with one attached hydrogen (secondary N) is 1. The van der Waals surface area contributed by atoms with Gasteiger partial charge in [-0.05, 0) is 37.1 Å². The van der Waals surface area contributed by atoms with E-state index in [4.69, 9.17) is 11.6 Å². The first-order valence-corrected chi connectivity index (χ1v) is 6.61. The van der Waals surface area contributed by atoms with Crippen LogP contribution in [-0.4, -0.2) is 40.5 Å². The minimum absolute atomic E-state index is 0.229. The van der Waals surface area contributed by atoms with Gasteiger partial charge in [0.15, 0.2) is 6.29 Å². The molecular formula is C13H17ClN2O3. The fourth-order valence-corrected chi connectivity index (χ4v) is 2.30. The van der Waals surface area contributed by atoms with E-state index in [1.807, 2.05) is 0 Å². The first-order chi connectivity index (χ1) is 9.06. The first kappa shape index (κ1) is 14.1. The number of aliphatic hydroxyl groups is 2. The van der Waals surface area contributed by atoms with E-state index in [0.717, 1.165) is 12.8 Å². The van der Waals surface area contributed by atoms with Gasteiger partial charge in [0.25, 0.3) is 0 Å². The number of urea groups is 1. The fraction of sp³-hybridized carbons (Fsp3) is 0.462. The van der Waals surface area contributed by atoms with Crippen molar-refractivity contribution >= 4 is 23.3 Å². The van der Waals surface area contributed by atoms with Crippen molar-refractivity contribution in [2.45, 2.75) is 19.1 Å². The van der Waals surface area contributed by atoms with Gasteiger partial charge in [-0.3, -0.25) is 0 Å². The number of carbonyl (C=O) groups is 1. The lowest BCUT2D eigenvalue weighted by Gasteiger charge is -2.33. The summed E-state index contributed by atoms with van der Waals surface area (Å²) in [7, 11) is 0. The van der Waals surface area contributed by atoms with Crippen LogP contribution in [0.25, 0.3) is 0 Å². The van der Waals surface area contributed by atoms with Crippen LogP contribution in [-0.2, 0) is 0 Å². The summed E-state index contributed by atoms with van der Waals surface area (Å²) in [4.78, 5) is 13.6. The van der Waals surface area contributed by atoms with Crippen molar-refractivity contribution in [1.29, 1.82) is 0 Å². The third kappa shape index (κ3) is 3.83. The lowest BCUT2D eigenvalue weighted by atomic mass is 9.98. The van der Waals surface area contributed by atoms with Gasteiger partial charge < -0.3 is 20.4 Å². The minimum Gasteiger partial charge on any atom is -0.368 e. The number of benzene rings is 1. The molecule has 1 saturated heterocycles. The van der Waals surface area contributed by atoms with E-state index in [1.165, 1.54) is 0 Å². The summed E-state index contributed by atoms with van der Waals surface area (Å²) in [6, 6.07) is 6.62. The second kappa shape index (κ2) is 6.23. The van der Waals surface area contributed by atoms with Gasteiger partial charge in [-0.2, -0.15) is 0 Å². The average Bonchev–Trinajstić information content (AvgIpc) is 2.41. The summed E-state index contributed by atoms with van der Waals surface area (Å²) in [5.74, 6) is -0.273. The predicted molar refractivity (Wildman–Crippen MR) is 73.0 cm³/mol. The summed E-state index contributed by atoms with van der Waals surface area (Å²) < 4.78 is 0. The topological polar surface area (TPSA) is 72.8 Å². The van der Waals surface area contributed by atoms with Crippen LogP contribution in [0, 0.1) is 5.92 Å². The van der Waals surface area contributed by atoms with Gasteiger partial charge in [-0.25, -0.2) is 4.79 Å². The highest BCUT2D eigenvalue weighted by Gasteiger charge is 2.27. The Morgan fingerprint density at radius 2 is 2.05 bits per heavy atom. The largest absolute Gasteiger partial charge is 0.368 e. The van der Waals surface area contributed by atoms with E-state index >= 15 is 0 Å². The number of hydrogen-bond acceptors (Lipinski definition) is 3. The molecule has 1 heterocycles. The molecule has 2 amide bonds. The molecule has 104 valence electrons. The maximum Gasteiger partial charge on any atom is 0.321 e. The number of piperidine rings is 1. The number of hydrogen-bond donors (Lipinski definition) is 3. The number of carbonyl (C=O) groups excluding carboxylic acids is 1. The van der Waals surface area contributed by atoms with Gasteiger partial charge >= 0.3 is 6.03 Å². The van der Waals surface area contributed by atoms with Crippen molar-refractivity contribution in [2.24, 2.45) is 5.92 Å². The zero-order valence-electron chi connectivity index (χ0n) is 10.4. The second-order valence-electron chi connectivity index (χ2n) is 4.70. The molecule has 0 aliphatic carbocycles. The first-order valence-electron chi connectivity index (χ1n) is 6.24. The molecule has 1 fully saturated rings. The van der Waals surface area contributed by atoms with Crippen molar-refractivity contribution in [3.8, 4) is 0 Å². The third-order valence-electron chi connectivity index (χ3n) is 3.26. The summed E-state index contributed by atoms with van der Waals surface area (Å²) in [6.45, 7) is 0.986. The summed E-state index contributed by atoms with van der Waals surface area (Å²) in [6.07, 6.45) is 0.129. The summed E-state index contributed by atoms with van der Waals surface area (Å²) >= 11 is 5.77. The number of likely N-dealkylation sites (tertiary alicyclic amines) is 1. The predicted octanol–water partition coefficient (Wildman–Crippen LogP) is 1.89.